The standard InChI is InChI=1S/C25H32F3N7O/c1-16-13-33(14-17(2)29-16)15-21-24(31-20-6-4-5-19(18(20)3)25(26,27)28)35-22(30-21)7-8-23(32-35)34-9-11-36-12-10-34/h4-8,16-17,29,31H,9-15H2,1-3H3. The van der Waals surface area contributed by atoms with Crippen LogP contribution in [0.1, 0.15) is 30.7 Å². The van der Waals surface area contributed by atoms with Gasteiger partial charge in [0.25, 0.3) is 0 Å². The topological polar surface area (TPSA) is 70.0 Å². The van der Waals surface area contributed by atoms with E-state index in [1.807, 2.05) is 12.1 Å². The van der Waals surface area contributed by atoms with Gasteiger partial charge in [0, 0.05) is 50.5 Å². The number of nitrogens with zero attached hydrogens (tertiary/aromatic N) is 5. The first-order chi connectivity index (χ1) is 17.2. The highest BCUT2D eigenvalue weighted by Crippen LogP contribution is 2.36. The zero-order valence-electron chi connectivity index (χ0n) is 20.8. The van der Waals surface area contributed by atoms with Gasteiger partial charge in [0.15, 0.2) is 11.5 Å². The molecule has 0 bridgehead atoms. The molecule has 2 saturated heterocycles. The quantitative estimate of drug-likeness (QED) is 0.549. The second-order valence-electron chi connectivity index (χ2n) is 9.73. The predicted octanol–water partition coefficient (Wildman–Crippen LogP) is 3.82. The van der Waals surface area contributed by atoms with Gasteiger partial charge in [-0.1, -0.05) is 6.07 Å². The van der Waals surface area contributed by atoms with Crippen LogP contribution in [0.15, 0.2) is 30.3 Å². The molecule has 2 fully saturated rings. The number of halogens is 3. The van der Waals surface area contributed by atoms with Crippen LogP contribution in [0.25, 0.3) is 5.65 Å². The molecule has 2 N–H and O–H groups in total. The van der Waals surface area contributed by atoms with E-state index in [0.29, 0.717) is 49.0 Å². The summed E-state index contributed by atoms with van der Waals surface area (Å²) in [6.07, 6.45) is -4.43. The lowest BCUT2D eigenvalue weighted by molar-refractivity contribution is -0.138. The first-order valence-electron chi connectivity index (χ1n) is 12.3. The Kier molecular flexibility index (Phi) is 6.80. The van der Waals surface area contributed by atoms with Gasteiger partial charge in [-0.2, -0.15) is 17.7 Å². The van der Waals surface area contributed by atoms with Gasteiger partial charge in [0.1, 0.15) is 5.82 Å². The molecule has 5 rings (SSSR count). The Morgan fingerprint density at radius 3 is 2.50 bits per heavy atom. The minimum absolute atomic E-state index is 0.139. The predicted molar refractivity (Wildman–Crippen MR) is 133 cm³/mol. The highest BCUT2D eigenvalue weighted by Gasteiger charge is 2.33. The van der Waals surface area contributed by atoms with Crippen molar-refractivity contribution < 1.29 is 17.9 Å². The Bertz CT molecular complexity index is 1210. The summed E-state index contributed by atoms with van der Waals surface area (Å²) in [5.74, 6) is 1.37. The van der Waals surface area contributed by atoms with Crippen LogP contribution in [-0.4, -0.2) is 71.0 Å². The highest BCUT2D eigenvalue weighted by molar-refractivity contribution is 5.67. The molecule has 0 aliphatic carbocycles. The Labute approximate surface area is 208 Å². The molecule has 194 valence electrons. The molecular weight excluding hydrogens is 471 g/mol. The number of benzene rings is 1. The Balaban J connectivity index is 1.56. The maximum atomic E-state index is 13.6. The molecule has 0 spiro atoms. The van der Waals surface area contributed by atoms with Crippen LogP contribution < -0.4 is 15.5 Å². The van der Waals surface area contributed by atoms with Crippen LogP contribution >= 0.6 is 0 Å². The smallest absolute Gasteiger partial charge is 0.378 e. The largest absolute Gasteiger partial charge is 0.416 e. The van der Waals surface area contributed by atoms with Crippen LogP contribution in [0.4, 0.5) is 30.5 Å². The van der Waals surface area contributed by atoms with E-state index in [1.165, 1.54) is 13.0 Å². The number of hydrogen-bond donors (Lipinski definition) is 2. The molecule has 2 atom stereocenters. The van der Waals surface area contributed by atoms with E-state index in [0.717, 1.165) is 43.8 Å². The molecule has 36 heavy (non-hydrogen) atoms. The van der Waals surface area contributed by atoms with E-state index >= 15 is 0 Å². The van der Waals surface area contributed by atoms with Crippen molar-refractivity contribution in [2.45, 2.75) is 45.6 Å². The molecule has 11 heteroatoms. The average Bonchev–Trinajstić information content (AvgIpc) is 3.15. The molecule has 0 amide bonds. The molecule has 4 heterocycles. The number of anilines is 3. The summed E-state index contributed by atoms with van der Waals surface area (Å²) in [5.41, 5.74) is 1.26. The summed E-state index contributed by atoms with van der Waals surface area (Å²) >= 11 is 0. The highest BCUT2D eigenvalue weighted by atomic mass is 19.4. The average molecular weight is 504 g/mol. The second-order valence-corrected chi connectivity index (χ2v) is 9.73. The lowest BCUT2D eigenvalue weighted by Crippen LogP contribution is -2.53. The van der Waals surface area contributed by atoms with Gasteiger partial charge < -0.3 is 20.3 Å². The van der Waals surface area contributed by atoms with Crippen molar-refractivity contribution in [1.29, 1.82) is 0 Å². The molecule has 8 nitrogen and oxygen atoms in total. The molecule has 2 aliphatic heterocycles. The number of rotatable bonds is 5. The van der Waals surface area contributed by atoms with E-state index in [-0.39, 0.29) is 5.56 Å². The van der Waals surface area contributed by atoms with Crippen molar-refractivity contribution in [2.75, 3.05) is 49.6 Å². The third-order valence-electron chi connectivity index (χ3n) is 6.77. The van der Waals surface area contributed by atoms with Crippen LogP contribution in [0.5, 0.6) is 0 Å². The van der Waals surface area contributed by atoms with Gasteiger partial charge in [-0.3, -0.25) is 4.90 Å². The minimum Gasteiger partial charge on any atom is -0.378 e. The molecule has 1 aromatic carbocycles. The normalized spacial score (nSPS) is 21.8. The monoisotopic (exact) mass is 503 g/mol. The number of morpholine rings is 1. The first-order valence-corrected chi connectivity index (χ1v) is 12.3. The van der Waals surface area contributed by atoms with Gasteiger partial charge in [-0.15, -0.1) is 5.10 Å². The van der Waals surface area contributed by atoms with Gasteiger partial charge in [0.05, 0.1) is 24.5 Å². The number of alkyl halides is 3. The lowest BCUT2D eigenvalue weighted by atomic mass is 10.1. The molecule has 3 aromatic rings. The zero-order valence-corrected chi connectivity index (χ0v) is 20.8. The maximum absolute atomic E-state index is 13.6. The molecule has 2 aromatic heterocycles. The number of fused-ring (bicyclic) bond motifs is 1. The van der Waals surface area contributed by atoms with Crippen LogP contribution in [-0.2, 0) is 17.5 Å². The van der Waals surface area contributed by atoms with E-state index in [4.69, 9.17) is 14.8 Å². The summed E-state index contributed by atoms with van der Waals surface area (Å²) in [5, 5.41) is 11.6. The van der Waals surface area contributed by atoms with Crippen molar-refractivity contribution in [3.8, 4) is 0 Å². The van der Waals surface area contributed by atoms with Gasteiger partial charge in [-0.05, 0) is 50.6 Å². The third kappa shape index (κ3) is 5.14. The molecular formula is C25H32F3N7O. The lowest BCUT2D eigenvalue weighted by Gasteiger charge is -2.35. The SMILES string of the molecule is Cc1c(Nc2c(CN3CC(C)NC(C)C3)nc3ccc(N4CCOCC4)nn23)cccc1C(F)(F)F. The number of nitrogens with one attached hydrogen (secondary N) is 2. The van der Waals surface area contributed by atoms with E-state index in [1.54, 1.807) is 10.6 Å². The number of ether oxygens (including phenoxy) is 1. The Hall–Kier alpha value is -2.89. The fourth-order valence-electron chi connectivity index (χ4n) is 5.15. The van der Waals surface area contributed by atoms with Crippen molar-refractivity contribution in [3.63, 3.8) is 0 Å². The van der Waals surface area contributed by atoms with Crippen molar-refractivity contribution in [2.24, 2.45) is 0 Å². The first kappa shape index (κ1) is 24.8. The van der Waals surface area contributed by atoms with E-state index in [9.17, 15) is 13.2 Å². The number of aromatic nitrogens is 3. The fraction of sp³-hybridized carbons (Fsp3) is 0.520. The van der Waals surface area contributed by atoms with Crippen LogP contribution in [0, 0.1) is 6.92 Å². The van der Waals surface area contributed by atoms with Gasteiger partial charge in [0.2, 0.25) is 0 Å². The molecule has 0 radical (unpaired) electrons. The maximum Gasteiger partial charge on any atom is 0.416 e. The van der Waals surface area contributed by atoms with Gasteiger partial charge >= 0.3 is 6.18 Å². The number of hydrogen-bond acceptors (Lipinski definition) is 7. The summed E-state index contributed by atoms with van der Waals surface area (Å²) in [7, 11) is 0. The number of imidazole rings is 1. The zero-order chi connectivity index (χ0) is 25.4. The van der Waals surface area contributed by atoms with Crippen molar-refractivity contribution in [3.05, 3.63) is 47.2 Å². The second kappa shape index (κ2) is 9.87. The van der Waals surface area contributed by atoms with E-state index < -0.39 is 11.7 Å². The molecule has 0 saturated carbocycles. The third-order valence-corrected chi connectivity index (χ3v) is 6.77. The Morgan fingerprint density at radius 1 is 1.08 bits per heavy atom. The molecule has 2 aliphatic rings. The molecule has 2 unspecified atom stereocenters. The van der Waals surface area contributed by atoms with Crippen LogP contribution in [0.2, 0.25) is 0 Å². The summed E-state index contributed by atoms with van der Waals surface area (Å²) in [6, 6.07) is 8.70. The fourth-order valence-corrected chi connectivity index (χ4v) is 5.15. The van der Waals surface area contributed by atoms with Crippen molar-refractivity contribution in [1.82, 2.24) is 24.8 Å². The minimum atomic E-state index is -4.43. The number of piperazine rings is 1. The van der Waals surface area contributed by atoms with E-state index in [2.05, 4.69) is 34.3 Å². The van der Waals surface area contributed by atoms with Gasteiger partial charge in [-0.25, -0.2) is 4.98 Å². The summed E-state index contributed by atoms with van der Waals surface area (Å²) in [6.45, 7) is 10.8. The van der Waals surface area contributed by atoms with Crippen molar-refractivity contribution >= 4 is 23.0 Å². The Morgan fingerprint density at radius 2 is 1.81 bits per heavy atom. The summed E-state index contributed by atoms with van der Waals surface area (Å²) in [4.78, 5) is 9.31. The van der Waals surface area contributed by atoms with Crippen LogP contribution in [0.3, 0.4) is 0 Å². The summed E-state index contributed by atoms with van der Waals surface area (Å²) < 4.78 is 48.0.